The Kier molecular flexibility index (Phi) is 2.74. The molecule has 0 N–H and O–H groups in total. The maximum atomic E-state index is 5.69. The molecule has 0 unspecified atom stereocenters. The normalized spacial score (nSPS) is 16.2. The minimum absolute atomic E-state index is 0.522. The molecule has 1 aliphatic carbocycles. The number of rotatable bonds is 4. The third-order valence-corrected chi connectivity index (χ3v) is 3.51. The number of nitrogens with zero attached hydrogens (tertiary/aromatic N) is 2. The second-order valence-electron chi connectivity index (χ2n) is 3.58. The van der Waals surface area contributed by atoms with Gasteiger partial charge < -0.3 is 4.90 Å². The molecule has 13 heavy (non-hydrogen) atoms. The molecule has 0 radical (unpaired) electrons. The van der Waals surface area contributed by atoms with E-state index < -0.39 is 0 Å². The molecule has 2 rings (SSSR count). The highest BCUT2D eigenvalue weighted by molar-refractivity contribution is 7.13. The average molecular weight is 217 g/mol. The Bertz CT molecular complexity index is 283. The number of hydrogen-bond donors (Lipinski definition) is 0. The first-order valence-electron chi connectivity index (χ1n) is 4.51. The summed E-state index contributed by atoms with van der Waals surface area (Å²) in [5, 5.41) is 3.13. The molecule has 1 fully saturated rings. The Morgan fingerprint density at radius 1 is 1.69 bits per heavy atom. The van der Waals surface area contributed by atoms with Crippen molar-refractivity contribution < 1.29 is 0 Å². The lowest BCUT2D eigenvalue weighted by molar-refractivity contribution is 0.783. The monoisotopic (exact) mass is 216 g/mol. The molecule has 0 aliphatic heterocycles. The summed E-state index contributed by atoms with van der Waals surface area (Å²) in [6, 6.07) is 0. The van der Waals surface area contributed by atoms with Crippen LogP contribution in [0.25, 0.3) is 0 Å². The summed E-state index contributed by atoms with van der Waals surface area (Å²) in [6.45, 7) is 1.15. The predicted molar refractivity (Wildman–Crippen MR) is 57.7 cm³/mol. The van der Waals surface area contributed by atoms with Crippen LogP contribution in [0.5, 0.6) is 0 Å². The smallest absolute Gasteiger partial charge is 0.185 e. The first-order chi connectivity index (χ1) is 6.29. The highest BCUT2D eigenvalue weighted by atomic mass is 35.5. The van der Waals surface area contributed by atoms with Gasteiger partial charge in [0, 0.05) is 19.0 Å². The lowest BCUT2D eigenvalue weighted by atomic mass is 10.4. The number of alkyl halides is 1. The third-order valence-electron chi connectivity index (χ3n) is 2.23. The van der Waals surface area contributed by atoms with E-state index in [0.29, 0.717) is 5.88 Å². The SMILES string of the molecule is CN(CC1CC1)c1nc(CCl)cs1. The van der Waals surface area contributed by atoms with Crippen LogP contribution >= 0.6 is 22.9 Å². The minimum atomic E-state index is 0.522. The van der Waals surface area contributed by atoms with E-state index in [1.807, 2.05) is 5.38 Å². The fraction of sp³-hybridized carbons (Fsp3) is 0.667. The fourth-order valence-electron chi connectivity index (χ4n) is 1.30. The van der Waals surface area contributed by atoms with E-state index in [1.165, 1.54) is 12.8 Å². The van der Waals surface area contributed by atoms with Crippen LogP contribution in [-0.4, -0.2) is 18.6 Å². The highest BCUT2D eigenvalue weighted by Gasteiger charge is 2.23. The van der Waals surface area contributed by atoms with E-state index >= 15 is 0 Å². The van der Waals surface area contributed by atoms with Crippen molar-refractivity contribution in [3.8, 4) is 0 Å². The van der Waals surface area contributed by atoms with Crippen molar-refractivity contribution in [3.63, 3.8) is 0 Å². The van der Waals surface area contributed by atoms with Gasteiger partial charge in [0.25, 0.3) is 0 Å². The number of hydrogen-bond acceptors (Lipinski definition) is 3. The fourth-order valence-corrected chi connectivity index (χ4v) is 2.33. The molecular formula is C9H13ClN2S. The van der Waals surface area contributed by atoms with Gasteiger partial charge in [-0.1, -0.05) is 0 Å². The largest absolute Gasteiger partial charge is 0.351 e. The summed E-state index contributed by atoms with van der Waals surface area (Å²) in [4.78, 5) is 6.66. The molecule has 1 aromatic rings. The van der Waals surface area contributed by atoms with Crippen molar-refractivity contribution in [2.45, 2.75) is 18.7 Å². The van der Waals surface area contributed by atoms with Gasteiger partial charge in [0.15, 0.2) is 5.13 Å². The molecule has 0 spiro atoms. The van der Waals surface area contributed by atoms with Crippen molar-refractivity contribution in [1.29, 1.82) is 0 Å². The zero-order chi connectivity index (χ0) is 9.26. The van der Waals surface area contributed by atoms with E-state index in [1.54, 1.807) is 11.3 Å². The van der Waals surface area contributed by atoms with Gasteiger partial charge in [0.05, 0.1) is 11.6 Å². The first kappa shape index (κ1) is 9.28. The molecule has 1 aliphatic rings. The predicted octanol–water partition coefficient (Wildman–Crippen LogP) is 2.73. The van der Waals surface area contributed by atoms with Crippen molar-refractivity contribution in [3.05, 3.63) is 11.1 Å². The van der Waals surface area contributed by atoms with E-state index in [2.05, 4.69) is 16.9 Å². The Hall–Kier alpha value is -0.280. The minimum Gasteiger partial charge on any atom is -0.351 e. The molecule has 0 saturated heterocycles. The van der Waals surface area contributed by atoms with Crippen LogP contribution in [-0.2, 0) is 5.88 Å². The lowest BCUT2D eigenvalue weighted by Gasteiger charge is -2.14. The van der Waals surface area contributed by atoms with Crippen LogP contribution in [0.1, 0.15) is 18.5 Å². The Morgan fingerprint density at radius 2 is 2.46 bits per heavy atom. The molecule has 1 heterocycles. The van der Waals surface area contributed by atoms with Gasteiger partial charge in [-0.25, -0.2) is 4.98 Å². The molecule has 1 saturated carbocycles. The second-order valence-corrected chi connectivity index (χ2v) is 4.68. The zero-order valence-electron chi connectivity index (χ0n) is 7.66. The Balaban J connectivity index is 1.96. The summed E-state index contributed by atoms with van der Waals surface area (Å²) in [5.41, 5.74) is 0.990. The second kappa shape index (κ2) is 3.84. The summed E-state index contributed by atoms with van der Waals surface area (Å²) in [7, 11) is 2.11. The first-order valence-corrected chi connectivity index (χ1v) is 5.92. The lowest BCUT2D eigenvalue weighted by Crippen LogP contribution is -2.19. The van der Waals surface area contributed by atoms with Gasteiger partial charge in [-0.2, -0.15) is 0 Å². The van der Waals surface area contributed by atoms with Crippen LogP contribution in [0.3, 0.4) is 0 Å². The van der Waals surface area contributed by atoms with Gasteiger partial charge in [0.2, 0.25) is 0 Å². The molecule has 2 nitrogen and oxygen atoms in total. The van der Waals surface area contributed by atoms with Gasteiger partial charge in [-0.05, 0) is 18.8 Å². The molecule has 0 aromatic carbocycles. The standard InChI is InChI=1S/C9H13ClN2S/c1-12(5-7-2-3-7)9-11-8(4-10)6-13-9/h6-7H,2-5H2,1H3. The number of aromatic nitrogens is 1. The quantitative estimate of drug-likeness (QED) is 0.720. The van der Waals surface area contributed by atoms with Gasteiger partial charge in [-0.15, -0.1) is 22.9 Å². The number of halogens is 1. The highest BCUT2D eigenvalue weighted by Crippen LogP contribution is 2.31. The maximum absolute atomic E-state index is 5.69. The summed E-state index contributed by atoms with van der Waals surface area (Å²) in [6.07, 6.45) is 2.77. The molecule has 0 amide bonds. The molecular weight excluding hydrogens is 204 g/mol. The summed E-state index contributed by atoms with van der Waals surface area (Å²) >= 11 is 7.37. The van der Waals surface area contributed by atoms with Gasteiger partial charge in [0.1, 0.15) is 0 Å². The molecule has 4 heteroatoms. The molecule has 0 atom stereocenters. The van der Waals surface area contributed by atoms with Crippen molar-refractivity contribution in [1.82, 2.24) is 4.98 Å². The number of thiazole rings is 1. The van der Waals surface area contributed by atoms with E-state index in [9.17, 15) is 0 Å². The Morgan fingerprint density at radius 3 is 3.00 bits per heavy atom. The molecule has 0 bridgehead atoms. The molecule has 72 valence electrons. The molecule has 1 aromatic heterocycles. The van der Waals surface area contributed by atoms with Crippen LogP contribution in [0.2, 0.25) is 0 Å². The van der Waals surface area contributed by atoms with E-state index in [0.717, 1.165) is 23.3 Å². The zero-order valence-corrected chi connectivity index (χ0v) is 9.24. The van der Waals surface area contributed by atoms with Crippen molar-refractivity contribution in [2.75, 3.05) is 18.5 Å². The van der Waals surface area contributed by atoms with Crippen LogP contribution in [0.15, 0.2) is 5.38 Å². The van der Waals surface area contributed by atoms with Crippen molar-refractivity contribution in [2.24, 2.45) is 5.92 Å². The summed E-state index contributed by atoms with van der Waals surface area (Å²) < 4.78 is 0. The van der Waals surface area contributed by atoms with Crippen LogP contribution in [0, 0.1) is 5.92 Å². The maximum Gasteiger partial charge on any atom is 0.185 e. The van der Waals surface area contributed by atoms with Crippen molar-refractivity contribution >= 4 is 28.1 Å². The van der Waals surface area contributed by atoms with Gasteiger partial charge in [-0.3, -0.25) is 0 Å². The topological polar surface area (TPSA) is 16.1 Å². The van der Waals surface area contributed by atoms with Gasteiger partial charge >= 0.3 is 0 Å². The summed E-state index contributed by atoms with van der Waals surface area (Å²) in [5.74, 6) is 1.43. The Labute approximate surface area is 87.5 Å². The average Bonchev–Trinajstić information content (AvgIpc) is 2.82. The van der Waals surface area contributed by atoms with Crippen LogP contribution in [0.4, 0.5) is 5.13 Å². The number of anilines is 1. The third kappa shape index (κ3) is 2.35. The van der Waals surface area contributed by atoms with Crippen LogP contribution < -0.4 is 4.90 Å². The van der Waals surface area contributed by atoms with E-state index in [-0.39, 0.29) is 0 Å². The van der Waals surface area contributed by atoms with E-state index in [4.69, 9.17) is 11.6 Å².